The molecule has 0 aliphatic carbocycles. The van der Waals surface area contributed by atoms with Crippen molar-refractivity contribution in [1.29, 1.82) is 0 Å². The van der Waals surface area contributed by atoms with Gasteiger partial charge >= 0.3 is 0 Å². The lowest BCUT2D eigenvalue weighted by molar-refractivity contribution is -0.121. The average molecular weight is 310 g/mol. The first kappa shape index (κ1) is 15.6. The molecule has 21 heavy (non-hydrogen) atoms. The van der Waals surface area contributed by atoms with E-state index in [0.29, 0.717) is 18.1 Å². The van der Waals surface area contributed by atoms with Crippen molar-refractivity contribution >= 4 is 28.5 Å². The topological polar surface area (TPSA) is 56.2 Å². The average Bonchev–Trinajstić information content (AvgIpc) is 2.84. The van der Waals surface area contributed by atoms with E-state index >= 15 is 0 Å². The summed E-state index contributed by atoms with van der Waals surface area (Å²) in [5.74, 6) is 1.30. The van der Waals surface area contributed by atoms with E-state index in [1.54, 1.807) is 7.11 Å². The van der Waals surface area contributed by atoms with Crippen LogP contribution < -0.4 is 10.1 Å². The third kappa shape index (κ3) is 3.29. The van der Waals surface area contributed by atoms with Gasteiger partial charge in [-0.25, -0.2) is 4.98 Å². The second kappa shape index (κ2) is 6.80. The Labute approximate surface area is 129 Å². The number of carbonyl (C=O) groups is 1. The van der Waals surface area contributed by atoms with Crippen LogP contribution in [0.2, 0.25) is 0 Å². The van der Waals surface area contributed by atoms with Crippen molar-refractivity contribution in [2.45, 2.75) is 32.2 Å². The maximum Gasteiger partial charge on any atom is 0.240 e. The number of nitrogens with one attached hydrogen (secondary N) is 1. The molecule has 2 aromatic rings. The third-order valence-electron chi connectivity index (χ3n) is 3.22. The third-order valence-corrected chi connectivity index (χ3v) is 3.42. The maximum atomic E-state index is 12.0. The molecule has 0 bridgehead atoms. The molecule has 1 unspecified atom stereocenters. The number of hydrogen-bond acceptors (Lipinski definition) is 3. The number of hydrogen-bond donors (Lipinski definition) is 1. The van der Waals surface area contributed by atoms with Gasteiger partial charge in [0.2, 0.25) is 5.91 Å². The summed E-state index contributed by atoms with van der Waals surface area (Å²) < 4.78 is 7.17. The molecule has 114 valence electrons. The number of ether oxygens (including phenoxy) is 1. The lowest BCUT2D eigenvalue weighted by atomic mass is 10.3. The minimum absolute atomic E-state index is 0.0439. The van der Waals surface area contributed by atoms with Crippen molar-refractivity contribution in [2.24, 2.45) is 0 Å². The Bertz CT molecular complexity index is 637. The van der Waals surface area contributed by atoms with E-state index in [1.165, 1.54) is 0 Å². The number of alkyl halides is 1. The highest BCUT2D eigenvalue weighted by molar-refractivity contribution is 6.20. The summed E-state index contributed by atoms with van der Waals surface area (Å²) in [6, 6.07) is 5.65. The van der Waals surface area contributed by atoms with Crippen LogP contribution in [0, 0.1) is 0 Å². The van der Waals surface area contributed by atoms with Crippen molar-refractivity contribution in [3.8, 4) is 5.75 Å². The maximum absolute atomic E-state index is 12.0. The van der Waals surface area contributed by atoms with Gasteiger partial charge in [-0.2, -0.15) is 0 Å². The van der Waals surface area contributed by atoms with Gasteiger partial charge < -0.3 is 14.6 Å². The van der Waals surface area contributed by atoms with Gasteiger partial charge in [-0.1, -0.05) is 13.0 Å². The molecular formula is C15H20ClN3O2. The predicted molar refractivity (Wildman–Crippen MR) is 83.9 cm³/mol. The smallest absolute Gasteiger partial charge is 0.240 e. The van der Waals surface area contributed by atoms with Crippen LogP contribution in [-0.2, 0) is 11.3 Å². The zero-order valence-electron chi connectivity index (χ0n) is 12.5. The van der Waals surface area contributed by atoms with Crippen molar-refractivity contribution in [3.63, 3.8) is 0 Å². The predicted octanol–water partition coefficient (Wildman–Crippen LogP) is 2.87. The van der Waals surface area contributed by atoms with Crippen LogP contribution in [0.3, 0.4) is 0 Å². The van der Waals surface area contributed by atoms with Crippen LogP contribution in [0.1, 0.15) is 31.5 Å². The number of fused-ring (bicyclic) bond motifs is 1. The zero-order chi connectivity index (χ0) is 15.4. The number of methoxy groups -OCH3 is 1. The molecule has 1 N–H and O–H groups in total. The molecule has 0 aliphatic rings. The first-order chi connectivity index (χ1) is 10.1. The van der Waals surface area contributed by atoms with Gasteiger partial charge in [-0.3, -0.25) is 4.79 Å². The van der Waals surface area contributed by atoms with Gasteiger partial charge in [0.1, 0.15) is 23.6 Å². The van der Waals surface area contributed by atoms with Crippen molar-refractivity contribution in [3.05, 3.63) is 24.0 Å². The van der Waals surface area contributed by atoms with Crippen LogP contribution >= 0.6 is 11.6 Å². The number of carbonyl (C=O) groups excluding carboxylic acids is 1. The number of imidazole rings is 1. The zero-order valence-corrected chi connectivity index (χ0v) is 13.3. The van der Waals surface area contributed by atoms with E-state index in [4.69, 9.17) is 16.3 Å². The highest BCUT2D eigenvalue weighted by atomic mass is 35.5. The van der Waals surface area contributed by atoms with Gasteiger partial charge in [0.25, 0.3) is 0 Å². The molecule has 0 saturated heterocycles. The molecule has 0 saturated carbocycles. The molecule has 1 aromatic carbocycles. The van der Waals surface area contributed by atoms with Gasteiger partial charge in [-0.15, -0.1) is 11.6 Å². The molecule has 0 radical (unpaired) electrons. The molecule has 1 amide bonds. The fraction of sp³-hybridized carbons (Fsp3) is 0.467. The van der Waals surface area contributed by atoms with Crippen LogP contribution in [0.4, 0.5) is 0 Å². The molecule has 1 atom stereocenters. The molecule has 1 aromatic heterocycles. The Morgan fingerprint density at radius 3 is 2.90 bits per heavy atom. The summed E-state index contributed by atoms with van der Waals surface area (Å²) in [5.41, 5.74) is 1.58. The number of amides is 1. The Balaban J connectivity index is 2.44. The van der Waals surface area contributed by atoms with Gasteiger partial charge in [0, 0.05) is 6.54 Å². The molecule has 0 fully saturated rings. The summed E-state index contributed by atoms with van der Waals surface area (Å²) in [4.78, 5) is 16.6. The summed E-state index contributed by atoms with van der Waals surface area (Å²) in [6.07, 6.45) is 0.906. The quantitative estimate of drug-likeness (QED) is 0.835. The fourth-order valence-electron chi connectivity index (χ4n) is 2.24. The van der Waals surface area contributed by atoms with Crippen LogP contribution in [-0.4, -0.2) is 29.1 Å². The van der Waals surface area contributed by atoms with E-state index in [2.05, 4.69) is 10.3 Å². The first-order valence-corrected chi connectivity index (χ1v) is 7.46. The van der Waals surface area contributed by atoms with E-state index in [1.807, 2.05) is 36.6 Å². The molecule has 0 spiro atoms. The Hall–Kier alpha value is -1.75. The Morgan fingerprint density at radius 2 is 2.29 bits per heavy atom. The minimum Gasteiger partial charge on any atom is -0.494 e. The number of rotatable bonds is 6. The standard InChI is InChI=1S/C15H20ClN3O2/c1-4-8-17-13(20)9-19-11-6-5-7-12(21-3)14(11)18-15(19)10(2)16/h5-7,10H,4,8-9H2,1-3H3,(H,17,20). The van der Waals surface area contributed by atoms with E-state index in [0.717, 1.165) is 17.5 Å². The summed E-state index contributed by atoms with van der Waals surface area (Å²) >= 11 is 6.21. The van der Waals surface area contributed by atoms with Crippen molar-refractivity contribution < 1.29 is 9.53 Å². The second-order valence-corrected chi connectivity index (χ2v) is 5.50. The van der Waals surface area contributed by atoms with Gasteiger partial charge in [-0.05, 0) is 25.5 Å². The summed E-state index contributed by atoms with van der Waals surface area (Å²) in [6.45, 7) is 4.73. The highest BCUT2D eigenvalue weighted by Crippen LogP contribution is 2.29. The molecule has 5 nitrogen and oxygen atoms in total. The fourth-order valence-corrected chi connectivity index (χ4v) is 2.40. The van der Waals surface area contributed by atoms with Gasteiger partial charge in [0.15, 0.2) is 0 Å². The highest BCUT2D eigenvalue weighted by Gasteiger charge is 2.19. The molecular weight excluding hydrogens is 290 g/mol. The Kier molecular flexibility index (Phi) is 5.07. The molecule has 0 aliphatic heterocycles. The SMILES string of the molecule is CCCNC(=O)Cn1c(C(C)Cl)nc2c(OC)cccc21. The number of para-hydroxylation sites is 1. The van der Waals surface area contributed by atoms with E-state index in [9.17, 15) is 4.79 Å². The molecule has 1 heterocycles. The second-order valence-electron chi connectivity index (χ2n) is 4.85. The van der Waals surface area contributed by atoms with E-state index in [-0.39, 0.29) is 17.8 Å². The normalized spacial score (nSPS) is 12.4. The first-order valence-electron chi connectivity index (χ1n) is 7.02. The number of aromatic nitrogens is 2. The van der Waals surface area contributed by atoms with Crippen molar-refractivity contribution in [2.75, 3.05) is 13.7 Å². The lowest BCUT2D eigenvalue weighted by Gasteiger charge is -2.10. The van der Waals surface area contributed by atoms with Crippen LogP contribution in [0.25, 0.3) is 11.0 Å². The van der Waals surface area contributed by atoms with E-state index < -0.39 is 0 Å². The minimum atomic E-state index is -0.291. The molecule has 2 rings (SSSR count). The van der Waals surface area contributed by atoms with Gasteiger partial charge in [0.05, 0.1) is 18.0 Å². The van der Waals surface area contributed by atoms with Crippen molar-refractivity contribution in [1.82, 2.24) is 14.9 Å². The number of nitrogens with zero attached hydrogens (tertiary/aromatic N) is 2. The number of benzene rings is 1. The lowest BCUT2D eigenvalue weighted by Crippen LogP contribution is -2.28. The Morgan fingerprint density at radius 1 is 1.52 bits per heavy atom. The summed E-state index contributed by atoms with van der Waals surface area (Å²) in [7, 11) is 1.60. The monoisotopic (exact) mass is 309 g/mol. The van der Waals surface area contributed by atoms with Crippen LogP contribution in [0.15, 0.2) is 18.2 Å². The van der Waals surface area contributed by atoms with Crippen LogP contribution in [0.5, 0.6) is 5.75 Å². The summed E-state index contributed by atoms with van der Waals surface area (Å²) in [5, 5.41) is 2.58. The number of halogens is 1. The molecule has 6 heteroatoms. The largest absolute Gasteiger partial charge is 0.494 e.